The number of benzene rings is 1. The molecule has 5 nitrogen and oxygen atoms in total. The smallest absolute Gasteiger partial charge is 0.255 e. The maximum Gasteiger partial charge on any atom is 0.255 e. The number of amides is 1. The third-order valence-electron chi connectivity index (χ3n) is 5.24. The third kappa shape index (κ3) is 3.88. The van der Waals surface area contributed by atoms with Gasteiger partial charge in [-0.25, -0.2) is 0 Å². The number of carbonyl (C=O) groups excluding carboxylic acids is 1. The van der Waals surface area contributed by atoms with Gasteiger partial charge in [0.1, 0.15) is 0 Å². The first kappa shape index (κ1) is 18.2. The Labute approximate surface area is 164 Å². The van der Waals surface area contributed by atoms with Gasteiger partial charge in [0, 0.05) is 42.5 Å². The van der Waals surface area contributed by atoms with E-state index in [1.807, 2.05) is 23.1 Å². The summed E-state index contributed by atoms with van der Waals surface area (Å²) in [6.45, 7) is 3.45. The monoisotopic (exact) mass is 373 g/mol. The maximum absolute atomic E-state index is 12.8. The number of aromatic amines is 1. The Hall–Kier alpha value is -3.21. The minimum absolute atomic E-state index is 0.0456. The second-order valence-electron chi connectivity index (χ2n) is 7.35. The molecule has 0 saturated carbocycles. The number of piperidine rings is 1. The number of carbonyl (C=O) groups is 1. The van der Waals surface area contributed by atoms with Crippen LogP contribution in [0.15, 0.2) is 65.6 Å². The normalized spacial score (nSPS) is 16.8. The van der Waals surface area contributed by atoms with Crippen LogP contribution in [0.5, 0.6) is 0 Å². The molecule has 1 amide bonds. The van der Waals surface area contributed by atoms with Crippen LogP contribution in [0.3, 0.4) is 0 Å². The van der Waals surface area contributed by atoms with Gasteiger partial charge in [0.15, 0.2) is 0 Å². The molecule has 0 radical (unpaired) electrons. The number of H-pyrrole nitrogens is 1. The van der Waals surface area contributed by atoms with Crippen molar-refractivity contribution in [1.82, 2.24) is 14.9 Å². The number of pyridine rings is 2. The second-order valence-corrected chi connectivity index (χ2v) is 7.35. The number of nitrogens with one attached hydrogen (secondary N) is 1. The van der Waals surface area contributed by atoms with Crippen molar-refractivity contribution < 1.29 is 4.79 Å². The quantitative estimate of drug-likeness (QED) is 0.760. The Morgan fingerprint density at radius 2 is 2.00 bits per heavy atom. The van der Waals surface area contributed by atoms with Gasteiger partial charge in [-0.15, -0.1) is 0 Å². The van der Waals surface area contributed by atoms with E-state index < -0.39 is 0 Å². The van der Waals surface area contributed by atoms with Gasteiger partial charge in [-0.2, -0.15) is 0 Å². The molecule has 4 rings (SSSR count). The fraction of sp³-hybridized carbons (Fsp3) is 0.261. The zero-order valence-electron chi connectivity index (χ0n) is 15.9. The molecule has 0 unspecified atom stereocenters. The van der Waals surface area contributed by atoms with Gasteiger partial charge >= 0.3 is 0 Å². The zero-order chi connectivity index (χ0) is 19.5. The number of hydrogen-bond donors (Lipinski definition) is 1. The van der Waals surface area contributed by atoms with Crippen molar-refractivity contribution in [2.24, 2.45) is 0 Å². The lowest BCUT2D eigenvalue weighted by Gasteiger charge is -2.32. The molecule has 3 aromatic rings. The molecule has 1 fully saturated rings. The largest absolute Gasteiger partial charge is 0.338 e. The molecule has 1 atom stereocenters. The average Bonchev–Trinajstić information content (AvgIpc) is 2.74. The van der Waals surface area contributed by atoms with E-state index in [9.17, 15) is 9.59 Å². The predicted molar refractivity (Wildman–Crippen MR) is 109 cm³/mol. The first-order valence-corrected chi connectivity index (χ1v) is 9.62. The van der Waals surface area contributed by atoms with Crippen LogP contribution in [0.1, 0.15) is 40.4 Å². The highest BCUT2D eigenvalue weighted by atomic mass is 16.2. The molecule has 0 spiro atoms. The molecule has 5 heteroatoms. The number of aryl methyl sites for hydroxylation is 1. The highest BCUT2D eigenvalue weighted by Crippen LogP contribution is 2.28. The van der Waals surface area contributed by atoms with E-state index in [4.69, 9.17) is 4.98 Å². The summed E-state index contributed by atoms with van der Waals surface area (Å²) in [5.74, 6) is 0.168. The summed E-state index contributed by atoms with van der Waals surface area (Å²) in [5.41, 5.74) is 4.62. The molecule has 2 aromatic heterocycles. The lowest BCUT2D eigenvalue weighted by Crippen LogP contribution is -2.39. The summed E-state index contributed by atoms with van der Waals surface area (Å²) in [6.07, 6.45) is 3.45. The molecule has 1 aromatic carbocycles. The molecule has 28 heavy (non-hydrogen) atoms. The summed E-state index contributed by atoms with van der Waals surface area (Å²) in [6, 6.07) is 17.4. The van der Waals surface area contributed by atoms with Crippen LogP contribution in [0.25, 0.3) is 11.3 Å². The van der Waals surface area contributed by atoms with Crippen LogP contribution >= 0.6 is 0 Å². The molecular formula is C23H23N3O2. The minimum Gasteiger partial charge on any atom is -0.338 e. The first-order chi connectivity index (χ1) is 13.6. The van der Waals surface area contributed by atoms with E-state index >= 15 is 0 Å². The van der Waals surface area contributed by atoms with E-state index in [1.54, 1.807) is 6.07 Å². The van der Waals surface area contributed by atoms with Crippen LogP contribution in [-0.2, 0) is 0 Å². The van der Waals surface area contributed by atoms with Gasteiger partial charge in [0.05, 0.1) is 11.3 Å². The summed E-state index contributed by atoms with van der Waals surface area (Å²) in [4.78, 5) is 33.4. The topological polar surface area (TPSA) is 66.1 Å². The van der Waals surface area contributed by atoms with Crippen molar-refractivity contribution >= 4 is 5.91 Å². The Morgan fingerprint density at radius 1 is 1.14 bits per heavy atom. The summed E-state index contributed by atoms with van der Waals surface area (Å²) >= 11 is 0. The van der Waals surface area contributed by atoms with E-state index in [2.05, 4.69) is 36.2 Å². The molecule has 0 aliphatic carbocycles. The van der Waals surface area contributed by atoms with Gasteiger partial charge in [0.2, 0.25) is 5.56 Å². The summed E-state index contributed by atoms with van der Waals surface area (Å²) in [5, 5.41) is 0. The SMILES string of the molecule is Cc1cccc(-c2cccc([C@H]3CCCN(C(=O)c4ccc(=O)[nH]c4)C3)n2)c1. The van der Waals surface area contributed by atoms with Crippen LogP contribution in [0.2, 0.25) is 0 Å². The van der Waals surface area contributed by atoms with Crippen molar-refractivity contribution in [2.45, 2.75) is 25.7 Å². The third-order valence-corrected chi connectivity index (χ3v) is 5.24. The maximum atomic E-state index is 12.8. The molecule has 142 valence electrons. The second kappa shape index (κ2) is 7.80. The number of likely N-dealkylation sites (tertiary alicyclic amines) is 1. The van der Waals surface area contributed by atoms with Gasteiger partial charge in [-0.3, -0.25) is 14.6 Å². The lowest BCUT2D eigenvalue weighted by molar-refractivity contribution is 0.0705. The van der Waals surface area contributed by atoms with Gasteiger partial charge < -0.3 is 9.88 Å². The summed E-state index contributed by atoms with van der Waals surface area (Å²) < 4.78 is 0. The Balaban J connectivity index is 1.55. The van der Waals surface area contributed by atoms with Gasteiger partial charge in [0.25, 0.3) is 5.91 Å². The number of aromatic nitrogens is 2. The van der Waals surface area contributed by atoms with Crippen molar-refractivity contribution in [3.8, 4) is 11.3 Å². The lowest BCUT2D eigenvalue weighted by atomic mass is 9.93. The molecule has 0 bridgehead atoms. The van der Waals surface area contributed by atoms with Crippen LogP contribution in [0, 0.1) is 6.92 Å². The van der Waals surface area contributed by atoms with Crippen LogP contribution < -0.4 is 5.56 Å². The fourth-order valence-electron chi connectivity index (χ4n) is 3.77. The Bertz CT molecular complexity index is 1040. The van der Waals surface area contributed by atoms with E-state index in [0.29, 0.717) is 12.1 Å². The standard InChI is InChI=1S/C23H23N3O2/c1-16-5-2-6-17(13-16)20-8-3-9-21(25-20)19-7-4-12-26(15-19)23(28)18-10-11-22(27)24-14-18/h2-3,5-6,8-11,13-14,19H,4,7,12,15H2,1H3,(H,24,27)/t19-/m0/s1. The van der Waals surface area contributed by atoms with Crippen molar-refractivity contribution in [3.63, 3.8) is 0 Å². The van der Waals surface area contributed by atoms with Crippen molar-refractivity contribution in [2.75, 3.05) is 13.1 Å². The summed E-state index contributed by atoms with van der Waals surface area (Å²) in [7, 11) is 0. The number of hydrogen-bond acceptors (Lipinski definition) is 3. The minimum atomic E-state index is -0.203. The molecule has 1 saturated heterocycles. The highest BCUT2D eigenvalue weighted by Gasteiger charge is 2.26. The van der Waals surface area contributed by atoms with Gasteiger partial charge in [-0.1, -0.05) is 29.8 Å². The van der Waals surface area contributed by atoms with Crippen molar-refractivity contribution in [1.29, 1.82) is 0 Å². The zero-order valence-corrected chi connectivity index (χ0v) is 15.9. The average molecular weight is 373 g/mol. The molecule has 1 N–H and O–H groups in total. The van der Waals surface area contributed by atoms with E-state index in [1.165, 1.54) is 17.8 Å². The molecule has 3 heterocycles. The molecule has 1 aliphatic heterocycles. The number of nitrogens with zero attached hydrogens (tertiary/aromatic N) is 2. The highest BCUT2D eigenvalue weighted by molar-refractivity contribution is 5.94. The predicted octanol–water partition coefficient (Wildman–Crippen LogP) is 3.77. The Morgan fingerprint density at radius 3 is 2.79 bits per heavy atom. The van der Waals surface area contributed by atoms with Crippen molar-refractivity contribution in [3.05, 3.63) is 88.0 Å². The van der Waals surface area contributed by atoms with E-state index in [-0.39, 0.29) is 17.4 Å². The van der Waals surface area contributed by atoms with Crippen LogP contribution in [-0.4, -0.2) is 33.9 Å². The molecular weight excluding hydrogens is 350 g/mol. The Kier molecular flexibility index (Phi) is 5.06. The molecule has 1 aliphatic rings. The van der Waals surface area contributed by atoms with Crippen LogP contribution in [0.4, 0.5) is 0 Å². The fourth-order valence-corrected chi connectivity index (χ4v) is 3.77. The number of rotatable bonds is 3. The van der Waals surface area contributed by atoms with Gasteiger partial charge in [-0.05, 0) is 44.0 Å². The first-order valence-electron chi connectivity index (χ1n) is 9.62. The van der Waals surface area contributed by atoms with E-state index in [0.717, 1.165) is 36.3 Å².